The normalized spacial score (nSPS) is 18.8. The Bertz CT molecular complexity index is 1200. The van der Waals surface area contributed by atoms with Crippen LogP contribution >= 0.6 is 0 Å². The molecule has 7 nitrogen and oxygen atoms in total. The zero-order chi connectivity index (χ0) is 20.1. The van der Waals surface area contributed by atoms with Crippen LogP contribution in [0.5, 0.6) is 0 Å². The van der Waals surface area contributed by atoms with Crippen molar-refractivity contribution in [2.24, 2.45) is 0 Å². The molecule has 144 valence electrons. The topological polar surface area (TPSA) is 105 Å². The van der Waals surface area contributed by atoms with Gasteiger partial charge in [0.1, 0.15) is 11.9 Å². The summed E-state index contributed by atoms with van der Waals surface area (Å²) >= 11 is 0. The summed E-state index contributed by atoms with van der Waals surface area (Å²) in [4.78, 5) is 42.6. The first-order valence-electron chi connectivity index (χ1n) is 9.44. The lowest BCUT2D eigenvalue weighted by molar-refractivity contribution is -0.136. The van der Waals surface area contributed by atoms with Crippen molar-refractivity contribution in [3.8, 4) is 11.3 Å². The van der Waals surface area contributed by atoms with Crippen molar-refractivity contribution >= 4 is 34.3 Å². The number of rotatable bonds is 2. The molecule has 3 heterocycles. The average molecular weight is 386 g/mol. The number of anilines is 1. The Morgan fingerprint density at radius 1 is 1.07 bits per heavy atom. The van der Waals surface area contributed by atoms with Crippen molar-refractivity contribution in [1.29, 1.82) is 0 Å². The van der Waals surface area contributed by atoms with E-state index in [9.17, 15) is 14.4 Å². The summed E-state index contributed by atoms with van der Waals surface area (Å²) in [5, 5.41) is 4.30. The molecule has 3 N–H and O–H groups in total. The van der Waals surface area contributed by atoms with Gasteiger partial charge in [0.15, 0.2) is 0 Å². The largest absolute Gasteiger partial charge is 0.384 e. The number of hydrogen-bond acceptors (Lipinski definition) is 5. The van der Waals surface area contributed by atoms with Gasteiger partial charge in [-0.2, -0.15) is 0 Å². The maximum Gasteiger partial charge on any atom is 0.255 e. The van der Waals surface area contributed by atoms with E-state index in [1.54, 1.807) is 11.0 Å². The number of piperidine rings is 1. The van der Waals surface area contributed by atoms with E-state index in [2.05, 4.69) is 10.3 Å². The molecule has 0 unspecified atom stereocenters. The van der Waals surface area contributed by atoms with E-state index in [4.69, 9.17) is 5.73 Å². The van der Waals surface area contributed by atoms with Crippen molar-refractivity contribution in [3.63, 3.8) is 0 Å². The van der Waals surface area contributed by atoms with Gasteiger partial charge < -0.3 is 10.6 Å². The van der Waals surface area contributed by atoms with Crippen molar-refractivity contribution in [2.45, 2.75) is 25.4 Å². The standard InChI is InChI=1S/C22H18N4O3/c23-18-10-12-3-1-2-4-15(12)20(24-18)13-5-6-16-14(9-13)11-26(22(16)29)17-7-8-19(27)25-21(17)28/h1-6,9-10,17H,7-8,11H2,(H2,23,24)(H,25,27,28)/t17-/m0/s1. The minimum absolute atomic E-state index is 0.188. The lowest BCUT2D eigenvalue weighted by atomic mass is 10.00. The van der Waals surface area contributed by atoms with Crippen LogP contribution in [0, 0.1) is 0 Å². The van der Waals surface area contributed by atoms with E-state index in [0.717, 1.165) is 27.6 Å². The van der Waals surface area contributed by atoms with Gasteiger partial charge in [-0.1, -0.05) is 30.3 Å². The van der Waals surface area contributed by atoms with E-state index in [-0.39, 0.29) is 18.2 Å². The number of nitrogens with one attached hydrogen (secondary N) is 1. The maximum atomic E-state index is 12.9. The first-order chi connectivity index (χ1) is 14.0. The molecular weight excluding hydrogens is 368 g/mol. The molecule has 1 fully saturated rings. The molecule has 0 spiro atoms. The molecule has 3 aromatic rings. The number of pyridine rings is 1. The average Bonchev–Trinajstić information content (AvgIpc) is 3.03. The van der Waals surface area contributed by atoms with Gasteiger partial charge in [0, 0.05) is 29.5 Å². The van der Waals surface area contributed by atoms with Gasteiger partial charge in [-0.15, -0.1) is 0 Å². The molecule has 7 heteroatoms. The minimum Gasteiger partial charge on any atom is -0.384 e. The third-order valence-corrected chi connectivity index (χ3v) is 5.56. The van der Waals surface area contributed by atoms with Gasteiger partial charge >= 0.3 is 0 Å². The molecule has 5 rings (SSSR count). The number of imide groups is 1. The molecule has 1 saturated heterocycles. The van der Waals surface area contributed by atoms with Crippen LogP contribution in [0.2, 0.25) is 0 Å². The van der Waals surface area contributed by atoms with E-state index in [0.29, 0.717) is 24.3 Å². The Labute approximate surface area is 166 Å². The third-order valence-electron chi connectivity index (χ3n) is 5.56. The van der Waals surface area contributed by atoms with E-state index < -0.39 is 11.9 Å². The summed E-state index contributed by atoms with van der Waals surface area (Å²) in [6.45, 7) is 0.328. The molecule has 1 aromatic heterocycles. The second kappa shape index (κ2) is 6.41. The highest BCUT2D eigenvalue weighted by Crippen LogP contribution is 2.33. The second-order valence-electron chi connectivity index (χ2n) is 7.39. The fraction of sp³-hybridized carbons (Fsp3) is 0.182. The van der Waals surface area contributed by atoms with Crippen LogP contribution < -0.4 is 11.1 Å². The summed E-state index contributed by atoms with van der Waals surface area (Å²) in [5.41, 5.74) is 9.04. The number of hydrogen-bond donors (Lipinski definition) is 2. The Balaban J connectivity index is 1.53. The van der Waals surface area contributed by atoms with Crippen LogP contribution in [0.3, 0.4) is 0 Å². The van der Waals surface area contributed by atoms with Crippen LogP contribution in [-0.2, 0) is 16.1 Å². The molecule has 0 aliphatic carbocycles. The SMILES string of the molecule is Nc1cc2ccccc2c(-c2ccc3c(c2)CN([C@H]2CCC(=O)NC2=O)C3=O)n1. The monoisotopic (exact) mass is 386 g/mol. The fourth-order valence-electron chi connectivity index (χ4n) is 4.16. The van der Waals surface area contributed by atoms with E-state index in [1.807, 2.05) is 42.5 Å². The van der Waals surface area contributed by atoms with Gasteiger partial charge in [0.2, 0.25) is 11.8 Å². The first kappa shape index (κ1) is 17.4. The van der Waals surface area contributed by atoms with Crippen molar-refractivity contribution in [1.82, 2.24) is 15.2 Å². The third kappa shape index (κ3) is 2.82. The van der Waals surface area contributed by atoms with Crippen molar-refractivity contribution < 1.29 is 14.4 Å². The number of carbonyl (C=O) groups is 3. The molecule has 1 atom stereocenters. The summed E-state index contributed by atoms with van der Waals surface area (Å²) in [6.07, 6.45) is 0.583. The molecule has 0 saturated carbocycles. The predicted octanol–water partition coefficient (Wildman–Crippen LogP) is 2.24. The lowest BCUT2D eigenvalue weighted by Gasteiger charge is -2.29. The quantitative estimate of drug-likeness (QED) is 0.657. The Morgan fingerprint density at radius 3 is 2.72 bits per heavy atom. The molecule has 0 radical (unpaired) electrons. The van der Waals surface area contributed by atoms with Gasteiger partial charge in [0.05, 0.1) is 5.69 Å². The number of carbonyl (C=O) groups excluding carboxylic acids is 3. The lowest BCUT2D eigenvalue weighted by Crippen LogP contribution is -2.52. The van der Waals surface area contributed by atoms with Gasteiger partial charge in [-0.05, 0) is 35.6 Å². The summed E-state index contributed by atoms with van der Waals surface area (Å²) in [5.74, 6) is -0.463. The van der Waals surface area contributed by atoms with Crippen LogP contribution in [0.1, 0.15) is 28.8 Å². The first-order valence-corrected chi connectivity index (χ1v) is 9.44. The number of benzene rings is 2. The van der Waals surface area contributed by atoms with Gasteiger partial charge in [0.25, 0.3) is 5.91 Å². The number of nitrogen functional groups attached to an aromatic ring is 1. The zero-order valence-electron chi connectivity index (χ0n) is 15.5. The van der Waals surface area contributed by atoms with Gasteiger partial charge in [-0.3, -0.25) is 19.7 Å². The number of fused-ring (bicyclic) bond motifs is 2. The second-order valence-corrected chi connectivity index (χ2v) is 7.39. The number of nitrogens with zero attached hydrogens (tertiary/aromatic N) is 2. The highest BCUT2D eigenvalue weighted by atomic mass is 16.2. The summed E-state index contributed by atoms with van der Waals surface area (Å²) in [7, 11) is 0. The van der Waals surface area contributed by atoms with E-state index >= 15 is 0 Å². The van der Waals surface area contributed by atoms with Crippen molar-refractivity contribution in [3.05, 3.63) is 59.7 Å². The summed E-state index contributed by atoms with van der Waals surface area (Å²) < 4.78 is 0. The Morgan fingerprint density at radius 2 is 1.90 bits per heavy atom. The molecule has 2 aromatic carbocycles. The smallest absolute Gasteiger partial charge is 0.255 e. The van der Waals surface area contributed by atoms with Crippen molar-refractivity contribution in [2.75, 3.05) is 5.73 Å². The molecule has 0 bridgehead atoms. The Kier molecular flexibility index (Phi) is 3.84. The predicted molar refractivity (Wildman–Crippen MR) is 108 cm³/mol. The molecule has 3 amide bonds. The number of amides is 3. The number of aromatic nitrogens is 1. The minimum atomic E-state index is -0.623. The highest BCUT2D eigenvalue weighted by molar-refractivity contribution is 6.06. The van der Waals surface area contributed by atoms with Crippen LogP contribution in [-0.4, -0.2) is 33.6 Å². The molecular formula is C22H18N4O3. The van der Waals surface area contributed by atoms with E-state index in [1.165, 1.54) is 0 Å². The summed E-state index contributed by atoms with van der Waals surface area (Å²) in [6, 6.07) is 14.7. The zero-order valence-corrected chi connectivity index (χ0v) is 15.5. The number of nitrogens with two attached hydrogens (primary N) is 1. The van der Waals surface area contributed by atoms with Crippen LogP contribution in [0.15, 0.2) is 48.5 Å². The van der Waals surface area contributed by atoms with Crippen LogP contribution in [0.4, 0.5) is 5.82 Å². The fourth-order valence-corrected chi connectivity index (χ4v) is 4.16. The molecule has 29 heavy (non-hydrogen) atoms. The molecule has 2 aliphatic rings. The molecule has 2 aliphatic heterocycles. The van der Waals surface area contributed by atoms with Crippen LogP contribution in [0.25, 0.3) is 22.0 Å². The van der Waals surface area contributed by atoms with Gasteiger partial charge in [-0.25, -0.2) is 4.98 Å². The highest BCUT2D eigenvalue weighted by Gasteiger charge is 2.39. The Hall–Kier alpha value is -3.74. The maximum absolute atomic E-state index is 12.9.